The van der Waals surface area contributed by atoms with Gasteiger partial charge in [-0.1, -0.05) is 0 Å². The Morgan fingerprint density at radius 1 is 1.77 bits per heavy atom. The van der Waals surface area contributed by atoms with Gasteiger partial charge in [0.1, 0.15) is 0 Å². The Labute approximate surface area is 74.0 Å². The summed E-state index contributed by atoms with van der Waals surface area (Å²) in [5.74, 6) is -0.246. The molecule has 70 valence electrons. The minimum Gasteiger partial charge on any atom is -0.459 e. The van der Waals surface area contributed by atoms with Crippen molar-refractivity contribution in [3.63, 3.8) is 0 Å². The number of hydrogen-bond acceptors (Lipinski definition) is 4. The van der Waals surface area contributed by atoms with Gasteiger partial charge >= 0.3 is 0 Å². The summed E-state index contributed by atoms with van der Waals surface area (Å²) in [6.45, 7) is -0.181. The molecule has 1 amide bonds. The van der Waals surface area contributed by atoms with E-state index in [1.54, 1.807) is 6.07 Å². The SMILES string of the molecule is C[N+](=O)OCNC(=O)c1ccco1. The van der Waals surface area contributed by atoms with E-state index in [-0.39, 0.29) is 17.4 Å². The van der Waals surface area contributed by atoms with Crippen molar-refractivity contribution < 1.29 is 19.0 Å². The molecule has 0 fully saturated rings. The van der Waals surface area contributed by atoms with Crippen LogP contribution in [0.2, 0.25) is 0 Å². The van der Waals surface area contributed by atoms with Gasteiger partial charge in [0.2, 0.25) is 18.7 Å². The van der Waals surface area contributed by atoms with E-state index in [2.05, 4.69) is 10.2 Å². The number of furan rings is 1. The first-order valence-corrected chi connectivity index (χ1v) is 3.55. The number of hydrogen-bond donors (Lipinski definition) is 1. The number of nitrogens with one attached hydrogen (secondary N) is 1. The third kappa shape index (κ3) is 2.94. The molecule has 0 saturated heterocycles. The third-order valence-electron chi connectivity index (χ3n) is 1.22. The monoisotopic (exact) mass is 185 g/mol. The van der Waals surface area contributed by atoms with E-state index in [1.807, 2.05) is 0 Å². The lowest BCUT2D eigenvalue weighted by molar-refractivity contribution is -0.785. The van der Waals surface area contributed by atoms with E-state index in [4.69, 9.17) is 4.42 Å². The highest BCUT2D eigenvalue weighted by atomic mass is 16.8. The van der Waals surface area contributed by atoms with Crippen LogP contribution in [0.3, 0.4) is 0 Å². The van der Waals surface area contributed by atoms with Crippen LogP contribution in [0, 0.1) is 4.91 Å². The molecular formula is C7H9N2O4+. The highest BCUT2D eigenvalue weighted by Crippen LogP contribution is 1.98. The molecule has 6 nitrogen and oxygen atoms in total. The Morgan fingerprint density at radius 2 is 2.54 bits per heavy atom. The van der Waals surface area contributed by atoms with Crippen LogP contribution in [0.1, 0.15) is 10.6 Å². The normalized spacial score (nSPS) is 9.31. The zero-order valence-corrected chi connectivity index (χ0v) is 7.02. The Kier molecular flexibility index (Phi) is 3.02. The maximum absolute atomic E-state index is 11.1. The van der Waals surface area contributed by atoms with E-state index in [9.17, 15) is 9.70 Å². The van der Waals surface area contributed by atoms with Crippen LogP contribution in [-0.4, -0.2) is 24.6 Å². The molecule has 0 atom stereocenters. The van der Waals surface area contributed by atoms with E-state index >= 15 is 0 Å². The van der Waals surface area contributed by atoms with Crippen molar-refractivity contribution in [3.8, 4) is 0 Å². The molecule has 0 aliphatic carbocycles. The second-order valence-corrected chi connectivity index (χ2v) is 2.20. The number of amides is 1. The lowest BCUT2D eigenvalue weighted by Crippen LogP contribution is -2.27. The molecule has 1 heterocycles. The first kappa shape index (κ1) is 9.24. The van der Waals surface area contributed by atoms with Crippen molar-refractivity contribution in [2.24, 2.45) is 0 Å². The molecule has 0 aromatic carbocycles. The van der Waals surface area contributed by atoms with Gasteiger partial charge in [-0.3, -0.25) is 4.79 Å². The molecule has 0 saturated carbocycles. The van der Waals surface area contributed by atoms with Crippen molar-refractivity contribution in [3.05, 3.63) is 29.1 Å². The number of carbonyl (C=O) groups is 1. The maximum Gasteiger partial charge on any atom is 0.289 e. The Bertz CT molecular complexity index is 293. The van der Waals surface area contributed by atoms with Crippen molar-refractivity contribution in [1.29, 1.82) is 0 Å². The van der Waals surface area contributed by atoms with Gasteiger partial charge in [-0.15, -0.1) is 0 Å². The van der Waals surface area contributed by atoms with Crippen molar-refractivity contribution in [1.82, 2.24) is 5.32 Å². The predicted molar refractivity (Wildman–Crippen MR) is 41.7 cm³/mol. The van der Waals surface area contributed by atoms with Crippen LogP contribution < -0.4 is 5.32 Å². The molecule has 0 bridgehead atoms. The topological polar surface area (TPSA) is 71.5 Å². The van der Waals surface area contributed by atoms with Crippen molar-refractivity contribution in [2.45, 2.75) is 0 Å². The fourth-order valence-electron chi connectivity index (χ4n) is 0.684. The van der Waals surface area contributed by atoms with Crippen LogP contribution in [0.4, 0.5) is 0 Å². The number of carbonyl (C=O) groups excluding carboxylic acids is 1. The lowest BCUT2D eigenvalue weighted by Gasteiger charge is -1.96. The third-order valence-corrected chi connectivity index (χ3v) is 1.22. The van der Waals surface area contributed by atoms with Gasteiger partial charge in [0, 0.05) is 0 Å². The van der Waals surface area contributed by atoms with Gasteiger partial charge in [0.05, 0.1) is 11.2 Å². The number of rotatable bonds is 4. The molecule has 13 heavy (non-hydrogen) atoms. The summed E-state index contributed by atoms with van der Waals surface area (Å²) in [5, 5.41) is 2.32. The van der Waals surface area contributed by atoms with E-state index in [0.717, 1.165) is 0 Å². The minimum atomic E-state index is -0.424. The van der Waals surface area contributed by atoms with Gasteiger partial charge in [-0.2, -0.15) is 0 Å². The summed E-state index contributed by atoms with van der Waals surface area (Å²) in [5.41, 5.74) is 0. The highest BCUT2D eigenvalue weighted by Gasteiger charge is 2.08. The lowest BCUT2D eigenvalue weighted by atomic mass is 10.4. The fraction of sp³-hybridized carbons (Fsp3) is 0.286. The average Bonchev–Trinajstić information content (AvgIpc) is 2.55. The van der Waals surface area contributed by atoms with Crippen molar-refractivity contribution in [2.75, 3.05) is 13.8 Å². The smallest absolute Gasteiger partial charge is 0.289 e. The first-order chi connectivity index (χ1) is 6.20. The minimum absolute atomic E-state index is 0.178. The second-order valence-electron chi connectivity index (χ2n) is 2.20. The Morgan fingerprint density at radius 3 is 3.08 bits per heavy atom. The molecule has 1 aromatic heterocycles. The Balaban J connectivity index is 2.31. The molecule has 0 aliphatic rings. The predicted octanol–water partition coefficient (Wildman–Crippen LogP) is 0.307. The molecule has 0 spiro atoms. The van der Waals surface area contributed by atoms with Crippen LogP contribution in [0.25, 0.3) is 0 Å². The zero-order valence-electron chi connectivity index (χ0n) is 7.02. The van der Waals surface area contributed by atoms with Gasteiger partial charge < -0.3 is 9.73 Å². The van der Waals surface area contributed by atoms with Crippen LogP contribution >= 0.6 is 0 Å². The van der Waals surface area contributed by atoms with Crippen molar-refractivity contribution >= 4 is 5.91 Å². The molecule has 0 unspecified atom stereocenters. The summed E-state index contributed by atoms with van der Waals surface area (Å²) in [6.07, 6.45) is 1.38. The molecular weight excluding hydrogens is 176 g/mol. The van der Waals surface area contributed by atoms with Gasteiger partial charge in [-0.05, 0) is 12.1 Å². The summed E-state index contributed by atoms with van der Waals surface area (Å²) in [6, 6.07) is 3.10. The summed E-state index contributed by atoms with van der Waals surface area (Å²) >= 11 is 0. The van der Waals surface area contributed by atoms with E-state index in [1.165, 1.54) is 19.4 Å². The van der Waals surface area contributed by atoms with E-state index in [0.29, 0.717) is 0 Å². The maximum atomic E-state index is 11.1. The van der Waals surface area contributed by atoms with Gasteiger partial charge in [-0.25, -0.2) is 4.84 Å². The molecule has 1 N–H and O–H groups in total. The van der Waals surface area contributed by atoms with Gasteiger partial charge in [0.25, 0.3) is 5.91 Å². The molecule has 1 aromatic rings. The average molecular weight is 185 g/mol. The fourth-order valence-corrected chi connectivity index (χ4v) is 0.684. The van der Waals surface area contributed by atoms with E-state index < -0.39 is 5.91 Å². The molecule has 6 heteroatoms. The Hall–Kier alpha value is -1.85. The first-order valence-electron chi connectivity index (χ1n) is 3.55. The van der Waals surface area contributed by atoms with Crippen LogP contribution in [-0.2, 0) is 4.84 Å². The molecule has 0 radical (unpaired) electrons. The van der Waals surface area contributed by atoms with Gasteiger partial charge in [0.15, 0.2) is 5.76 Å². The zero-order chi connectivity index (χ0) is 9.68. The largest absolute Gasteiger partial charge is 0.459 e. The summed E-state index contributed by atoms with van der Waals surface area (Å²) in [4.78, 5) is 26.0. The second kappa shape index (κ2) is 4.24. The molecule has 0 aliphatic heterocycles. The number of nitrogens with zero attached hydrogens (tertiary/aromatic N) is 1. The quantitative estimate of drug-likeness (QED) is 0.541. The summed E-state index contributed by atoms with van der Waals surface area (Å²) < 4.78 is 4.79. The molecule has 1 rings (SSSR count). The standard InChI is InChI=1S/C7H8N2O4/c1-9(11)13-5-8-7(10)6-3-2-4-12-6/h2-4H,5H2,1H3/p+1. The highest BCUT2D eigenvalue weighted by molar-refractivity contribution is 5.91. The van der Waals surface area contributed by atoms with Crippen LogP contribution in [0.15, 0.2) is 22.8 Å². The van der Waals surface area contributed by atoms with Crippen LogP contribution in [0.5, 0.6) is 0 Å². The summed E-state index contributed by atoms with van der Waals surface area (Å²) in [7, 11) is 1.18.